The van der Waals surface area contributed by atoms with E-state index in [0.717, 1.165) is 17.7 Å². The van der Waals surface area contributed by atoms with Crippen LogP contribution in [0.1, 0.15) is 78.0 Å². The van der Waals surface area contributed by atoms with Crippen molar-refractivity contribution in [3.8, 4) is 5.75 Å². The van der Waals surface area contributed by atoms with Gasteiger partial charge in [0.2, 0.25) is 0 Å². The van der Waals surface area contributed by atoms with E-state index in [1.165, 1.54) is 19.4 Å². The van der Waals surface area contributed by atoms with Gasteiger partial charge >= 0.3 is 0 Å². The highest BCUT2D eigenvalue weighted by molar-refractivity contribution is 6.01. The second kappa shape index (κ2) is 10.2. The average Bonchev–Trinajstić information content (AvgIpc) is 3.26. The van der Waals surface area contributed by atoms with Crippen molar-refractivity contribution in [3.63, 3.8) is 0 Å². The maximum absolute atomic E-state index is 12.1. The Bertz CT molecular complexity index is 1050. The molecule has 0 spiro atoms. The van der Waals surface area contributed by atoms with E-state index < -0.39 is 0 Å². The molecule has 5 heteroatoms. The molecule has 2 atom stereocenters. The number of carbonyl (C=O) groups is 2. The normalized spacial score (nSPS) is 17.4. The van der Waals surface area contributed by atoms with Crippen LogP contribution in [0.4, 0.5) is 5.69 Å². The molecule has 1 heterocycles. The van der Waals surface area contributed by atoms with Crippen LogP contribution in [-0.2, 0) is 0 Å². The summed E-state index contributed by atoms with van der Waals surface area (Å²) in [6, 6.07) is 22.7. The van der Waals surface area contributed by atoms with E-state index in [2.05, 4.69) is 17.6 Å². The van der Waals surface area contributed by atoms with Crippen molar-refractivity contribution >= 4 is 17.3 Å². The first-order chi connectivity index (χ1) is 15.4. The fourth-order valence-corrected chi connectivity index (χ4v) is 3.93. The topological polar surface area (TPSA) is 69.6 Å². The van der Waals surface area contributed by atoms with E-state index in [-0.39, 0.29) is 29.4 Å². The van der Waals surface area contributed by atoms with E-state index in [0.29, 0.717) is 11.1 Å². The second-order valence-electron chi connectivity index (χ2n) is 7.69. The van der Waals surface area contributed by atoms with Crippen molar-refractivity contribution in [3.05, 3.63) is 95.1 Å². The zero-order valence-electron chi connectivity index (χ0n) is 19.0. The molecule has 0 radical (unpaired) electrons. The number of aromatic hydroxyl groups is 1. The summed E-state index contributed by atoms with van der Waals surface area (Å²) < 4.78 is 0. The Hall–Kier alpha value is -3.44. The first-order valence-electron chi connectivity index (χ1n) is 11.0. The fraction of sp³-hybridized carbons (Fsp3) is 0.259. The Morgan fingerprint density at radius 1 is 0.844 bits per heavy atom. The molecule has 4 rings (SSSR count). The summed E-state index contributed by atoms with van der Waals surface area (Å²) in [6.07, 6.45) is 0.800. The third kappa shape index (κ3) is 5.06. The molecule has 0 amide bonds. The van der Waals surface area contributed by atoms with Crippen molar-refractivity contribution in [2.45, 2.75) is 46.2 Å². The molecular formula is C27H30N2O3. The van der Waals surface area contributed by atoms with Crippen LogP contribution in [0.15, 0.2) is 72.8 Å². The minimum Gasteiger partial charge on any atom is -0.508 e. The van der Waals surface area contributed by atoms with E-state index in [4.69, 9.17) is 0 Å². The number of phenols is 1. The van der Waals surface area contributed by atoms with Gasteiger partial charge in [-0.2, -0.15) is 0 Å². The molecule has 5 nitrogen and oxygen atoms in total. The molecule has 166 valence electrons. The van der Waals surface area contributed by atoms with Gasteiger partial charge in [0.15, 0.2) is 11.6 Å². The van der Waals surface area contributed by atoms with Crippen molar-refractivity contribution in [1.82, 2.24) is 5.43 Å². The van der Waals surface area contributed by atoms with Gasteiger partial charge in [-0.1, -0.05) is 56.3 Å². The average molecular weight is 431 g/mol. The third-order valence-corrected chi connectivity index (χ3v) is 5.55. The number of hydrogen-bond acceptors (Lipinski definition) is 5. The van der Waals surface area contributed by atoms with Crippen molar-refractivity contribution in [1.29, 1.82) is 0 Å². The first kappa shape index (κ1) is 23.2. The fourth-order valence-electron chi connectivity index (χ4n) is 3.93. The number of Topliss-reactive ketones (excluding diaryl/α,β-unsaturated/α-hetero) is 2. The van der Waals surface area contributed by atoms with Gasteiger partial charge in [-0.15, -0.1) is 0 Å². The number of hydrogen-bond donors (Lipinski definition) is 2. The Morgan fingerprint density at radius 2 is 1.41 bits per heavy atom. The van der Waals surface area contributed by atoms with Crippen LogP contribution >= 0.6 is 0 Å². The highest BCUT2D eigenvalue weighted by atomic mass is 16.3. The molecule has 1 aliphatic heterocycles. The first-order valence-corrected chi connectivity index (χ1v) is 11.0. The second-order valence-corrected chi connectivity index (χ2v) is 7.69. The number of phenolic OH excluding ortho intramolecular Hbond substituents is 1. The molecule has 1 aliphatic rings. The molecule has 2 unspecified atom stereocenters. The highest BCUT2D eigenvalue weighted by Gasteiger charge is 2.34. The maximum atomic E-state index is 12.1. The molecule has 0 aromatic heterocycles. The number of anilines is 1. The zero-order chi connectivity index (χ0) is 23.3. The summed E-state index contributed by atoms with van der Waals surface area (Å²) in [5.41, 5.74) is 7.55. The molecule has 2 N–H and O–H groups in total. The molecule has 32 heavy (non-hydrogen) atoms. The number of hydrazine groups is 1. The van der Waals surface area contributed by atoms with Gasteiger partial charge in [-0.3, -0.25) is 9.59 Å². The predicted molar refractivity (Wildman–Crippen MR) is 128 cm³/mol. The summed E-state index contributed by atoms with van der Waals surface area (Å²) in [5.74, 6) is 0.0481. The lowest BCUT2D eigenvalue weighted by Gasteiger charge is -2.28. The van der Waals surface area contributed by atoms with E-state index in [1.54, 1.807) is 18.2 Å². The Morgan fingerprint density at radius 3 is 1.94 bits per heavy atom. The molecule has 1 fully saturated rings. The SMILES string of the molecule is CC.CC(=O)c1cc(C(C)=O)cc(N2NC(c3ccccc3)CC2c2ccc(O)cc2)c1. The van der Waals surface area contributed by atoms with Gasteiger partial charge in [0, 0.05) is 11.1 Å². The highest BCUT2D eigenvalue weighted by Crippen LogP contribution is 2.40. The van der Waals surface area contributed by atoms with Gasteiger partial charge < -0.3 is 10.1 Å². The van der Waals surface area contributed by atoms with Crippen molar-refractivity contribution in [2.75, 3.05) is 5.01 Å². The lowest BCUT2D eigenvalue weighted by Crippen LogP contribution is -2.34. The van der Waals surface area contributed by atoms with Crippen LogP contribution in [0.5, 0.6) is 5.75 Å². The minimum atomic E-state index is -0.0839. The molecule has 0 aliphatic carbocycles. The largest absolute Gasteiger partial charge is 0.508 e. The summed E-state index contributed by atoms with van der Waals surface area (Å²) in [7, 11) is 0. The van der Waals surface area contributed by atoms with Crippen LogP contribution in [0.3, 0.4) is 0 Å². The standard InChI is InChI=1S/C25H24N2O3.C2H6/c1-16(28)20-12-21(17(2)29)14-22(13-20)27-25(19-8-10-23(30)11-9-19)15-24(26-27)18-6-4-3-5-7-18;1-2/h3-14,24-26,30H,15H2,1-2H3;1-2H3. The van der Waals surface area contributed by atoms with Crippen LogP contribution in [0, 0.1) is 0 Å². The molecule has 0 bridgehead atoms. The number of carbonyl (C=O) groups excluding carboxylic acids is 2. The van der Waals surface area contributed by atoms with Gasteiger partial charge in [-0.25, -0.2) is 5.43 Å². The van der Waals surface area contributed by atoms with E-state index >= 15 is 0 Å². The number of rotatable bonds is 5. The van der Waals surface area contributed by atoms with Crippen molar-refractivity contribution in [2.24, 2.45) is 0 Å². The van der Waals surface area contributed by atoms with Crippen molar-refractivity contribution < 1.29 is 14.7 Å². The summed E-state index contributed by atoms with van der Waals surface area (Å²) >= 11 is 0. The smallest absolute Gasteiger partial charge is 0.159 e. The Labute approximate surface area is 189 Å². The zero-order valence-corrected chi connectivity index (χ0v) is 19.0. The number of benzene rings is 3. The monoisotopic (exact) mass is 430 g/mol. The maximum Gasteiger partial charge on any atom is 0.159 e. The molecule has 3 aromatic carbocycles. The van der Waals surface area contributed by atoms with Crippen LogP contribution in [0.2, 0.25) is 0 Å². The predicted octanol–water partition coefficient (Wildman–Crippen LogP) is 6.02. The molecular weight excluding hydrogens is 400 g/mol. The number of nitrogens with one attached hydrogen (secondary N) is 1. The number of nitrogens with zero attached hydrogens (tertiary/aromatic N) is 1. The van der Waals surface area contributed by atoms with Gasteiger partial charge in [0.1, 0.15) is 5.75 Å². The minimum absolute atomic E-state index is 0.0298. The quantitative estimate of drug-likeness (QED) is 0.484. The van der Waals surface area contributed by atoms with E-state index in [1.807, 2.05) is 61.3 Å². The summed E-state index contributed by atoms with van der Waals surface area (Å²) in [6.45, 7) is 7.01. The Balaban J connectivity index is 0.00000141. The van der Waals surface area contributed by atoms with Crippen LogP contribution < -0.4 is 10.4 Å². The van der Waals surface area contributed by atoms with Gasteiger partial charge in [0.05, 0.1) is 17.8 Å². The lowest BCUT2D eigenvalue weighted by atomic mass is 9.96. The van der Waals surface area contributed by atoms with Gasteiger partial charge in [-0.05, 0) is 61.7 Å². The molecule has 1 saturated heterocycles. The molecule has 0 saturated carbocycles. The summed E-state index contributed by atoms with van der Waals surface area (Å²) in [5, 5.41) is 11.7. The van der Waals surface area contributed by atoms with Crippen LogP contribution in [-0.4, -0.2) is 16.7 Å². The number of ketones is 2. The summed E-state index contributed by atoms with van der Waals surface area (Å²) in [4.78, 5) is 24.2. The molecule has 3 aromatic rings. The Kier molecular flexibility index (Phi) is 7.44. The van der Waals surface area contributed by atoms with Gasteiger partial charge in [0.25, 0.3) is 0 Å². The van der Waals surface area contributed by atoms with E-state index in [9.17, 15) is 14.7 Å². The van der Waals surface area contributed by atoms with Crippen LogP contribution in [0.25, 0.3) is 0 Å². The lowest BCUT2D eigenvalue weighted by molar-refractivity contribution is 0.101. The third-order valence-electron chi connectivity index (χ3n) is 5.55.